The van der Waals surface area contributed by atoms with Crippen LogP contribution in [0.4, 0.5) is 30.6 Å². The van der Waals surface area contributed by atoms with Crippen LogP contribution < -0.4 is 10.6 Å². The van der Waals surface area contributed by atoms with Crippen molar-refractivity contribution in [2.75, 3.05) is 17.2 Å². The molecule has 0 bridgehead atoms. The molecule has 2 aromatic heterocycles. The van der Waals surface area contributed by atoms with Crippen LogP contribution in [0.1, 0.15) is 37.6 Å². The normalized spacial score (nSPS) is 22.0. The smallest absolute Gasteiger partial charge is 0.370 e. The lowest BCUT2D eigenvalue weighted by Gasteiger charge is -2.13. The predicted octanol–water partition coefficient (Wildman–Crippen LogP) is 3.65. The molecule has 0 aromatic carbocycles. The molecule has 1 fully saturated rings. The highest BCUT2D eigenvalue weighted by Crippen LogP contribution is 2.55. The van der Waals surface area contributed by atoms with Crippen molar-refractivity contribution in [2.45, 2.75) is 39.4 Å². The number of alkyl halides is 3. The maximum atomic E-state index is 13.0. The maximum Gasteiger partial charge on any atom is 0.421 e. The number of nitrogens with one attached hydrogen (secondary N) is 2. The van der Waals surface area contributed by atoms with Crippen molar-refractivity contribution in [3.63, 3.8) is 0 Å². The summed E-state index contributed by atoms with van der Waals surface area (Å²) in [5.41, 5.74) is -0.121. The van der Waals surface area contributed by atoms with Crippen LogP contribution >= 0.6 is 0 Å². The minimum atomic E-state index is -4.54. The van der Waals surface area contributed by atoms with E-state index in [1.54, 1.807) is 24.7 Å². The van der Waals surface area contributed by atoms with Gasteiger partial charge in [0.25, 0.3) is 0 Å². The van der Waals surface area contributed by atoms with Crippen molar-refractivity contribution in [3.05, 3.63) is 23.7 Å². The fraction of sp³-hybridized carbons (Fsp3) is 0.500. The third-order valence-electron chi connectivity index (χ3n) is 4.37. The SMILES string of the molecule is CCNc1nc(Nc2cn([C@@H]3C[C@]3(C)C#N)nc2C)ncc1C(F)(F)F. The summed E-state index contributed by atoms with van der Waals surface area (Å²) in [6, 6.07) is 2.26. The van der Waals surface area contributed by atoms with Gasteiger partial charge >= 0.3 is 6.18 Å². The summed E-state index contributed by atoms with van der Waals surface area (Å²) < 4.78 is 40.8. The second kappa shape index (κ2) is 6.16. The van der Waals surface area contributed by atoms with Gasteiger partial charge in [-0.3, -0.25) is 4.68 Å². The molecule has 3 rings (SSSR count). The lowest BCUT2D eigenvalue weighted by atomic mass is 10.2. The van der Waals surface area contributed by atoms with Crippen LogP contribution in [0, 0.1) is 23.7 Å². The Kier molecular flexibility index (Phi) is 4.26. The molecule has 138 valence electrons. The summed E-state index contributed by atoms with van der Waals surface area (Å²) in [6.07, 6.45) is -1.35. The van der Waals surface area contributed by atoms with E-state index >= 15 is 0 Å². The highest BCUT2D eigenvalue weighted by atomic mass is 19.4. The van der Waals surface area contributed by atoms with Gasteiger partial charge in [0, 0.05) is 18.9 Å². The van der Waals surface area contributed by atoms with Crippen LogP contribution in [0.5, 0.6) is 0 Å². The number of aryl methyl sites for hydroxylation is 1. The van der Waals surface area contributed by atoms with Gasteiger partial charge in [-0.05, 0) is 27.2 Å². The molecule has 0 radical (unpaired) electrons. The summed E-state index contributed by atoms with van der Waals surface area (Å²) in [5.74, 6) is -0.239. The molecule has 10 heteroatoms. The summed E-state index contributed by atoms with van der Waals surface area (Å²) >= 11 is 0. The molecule has 1 aliphatic rings. The van der Waals surface area contributed by atoms with E-state index in [1.165, 1.54) is 0 Å². The van der Waals surface area contributed by atoms with Gasteiger partial charge < -0.3 is 10.6 Å². The summed E-state index contributed by atoms with van der Waals surface area (Å²) in [6.45, 7) is 5.61. The monoisotopic (exact) mass is 365 g/mol. The minimum absolute atomic E-state index is 0.00686. The lowest BCUT2D eigenvalue weighted by molar-refractivity contribution is -0.137. The van der Waals surface area contributed by atoms with E-state index in [1.807, 2.05) is 6.92 Å². The fourth-order valence-corrected chi connectivity index (χ4v) is 2.68. The van der Waals surface area contributed by atoms with Crippen molar-refractivity contribution in [1.82, 2.24) is 19.7 Å². The zero-order chi connectivity index (χ0) is 19.1. The van der Waals surface area contributed by atoms with Crippen LogP contribution in [-0.2, 0) is 6.18 Å². The van der Waals surface area contributed by atoms with Crippen LogP contribution in [-0.4, -0.2) is 26.3 Å². The Hall–Kier alpha value is -2.83. The van der Waals surface area contributed by atoms with Crippen molar-refractivity contribution in [1.29, 1.82) is 5.26 Å². The number of nitrogens with zero attached hydrogens (tertiary/aromatic N) is 5. The highest BCUT2D eigenvalue weighted by Gasteiger charge is 2.53. The molecule has 26 heavy (non-hydrogen) atoms. The van der Waals surface area contributed by atoms with Gasteiger partial charge in [-0.25, -0.2) is 4.98 Å². The molecule has 2 atom stereocenters. The molecule has 7 nitrogen and oxygen atoms in total. The average Bonchev–Trinajstić information content (AvgIpc) is 3.12. The number of hydrogen-bond donors (Lipinski definition) is 2. The molecule has 2 heterocycles. The summed E-state index contributed by atoms with van der Waals surface area (Å²) in [5, 5.41) is 19.0. The Morgan fingerprint density at radius 2 is 2.19 bits per heavy atom. The second-order valence-electron chi connectivity index (χ2n) is 6.47. The quantitative estimate of drug-likeness (QED) is 0.840. The average molecular weight is 365 g/mol. The second-order valence-corrected chi connectivity index (χ2v) is 6.47. The molecular formula is C16H18F3N7. The Bertz CT molecular complexity index is 868. The molecule has 1 saturated carbocycles. The predicted molar refractivity (Wildman–Crippen MR) is 88.8 cm³/mol. The summed E-state index contributed by atoms with van der Waals surface area (Å²) in [4.78, 5) is 7.70. The van der Waals surface area contributed by atoms with Crippen LogP contribution in [0.3, 0.4) is 0 Å². The van der Waals surface area contributed by atoms with Gasteiger partial charge in [-0.1, -0.05) is 0 Å². The first-order chi connectivity index (χ1) is 12.2. The standard InChI is InChI=1S/C16H18F3N7/c1-4-21-13-10(16(17,18)19)6-22-14(24-13)23-11-7-26(25-9(11)2)12-5-15(12,3)8-20/h6-7,12H,4-5H2,1-3H3,(H2,21,22,23,24)/t12-,15-/m1/s1. The van der Waals surface area contributed by atoms with E-state index in [2.05, 4.69) is 31.8 Å². The Labute approximate surface area is 148 Å². The van der Waals surface area contributed by atoms with Gasteiger partial charge in [0.05, 0.1) is 28.9 Å². The first-order valence-electron chi connectivity index (χ1n) is 8.10. The molecule has 0 unspecified atom stereocenters. The van der Waals surface area contributed by atoms with Crippen LogP contribution in [0.15, 0.2) is 12.4 Å². The minimum Gasteiger partial charge on any atom is -0.370 e. The fourth-order valence-electron chi connectivity index (χ4n) is 2.68. The zero-order valence-corrected chi connectivity index (χ0v) is 14.5. The Balaban J connectivity index is 1.85. The van der Waals surface area contributed by atoms with Gasteiger partial charge in [-0.2, -0.15) is 28.5 Å². The van der Waals surface area contributed by atoms with E-state index in [9.17, 15) is 13.2 Å². The number of halogens is 3. The third-order valence-corrected chi connectivity index (χ3v) is 4.37. The number of hydrogen-bond acceptors (Lipinski definition) is 6. The molecule has 0 spiro atoms. The van der Waals surface area contributed by atoms with Gasteiger partial charge in [0.2, 0.25) is 5.95 Å². The largest absolute Gasteiger partial charge is 0.421 e. The van der Waals surface area contributed by atoms with E-state index in [0.29, 0.717) is 24.3 Å². The van der Waals surface area contributed by atoms with E-state index in [0.717, 1.165) is 6.20 Å². The number of anilines is 3. The zero-order valence-electron chi connectivity index (χ0n) is 14.5. The first kappa shape index (κ1) is 18.0. The van der Waals surface area contributed by atoms with Crippen LogP contribution in [0.2, 0.25) is 0 Å². The van der Waals surface area contributed by atoms with Gasteiger partial charge in [0.1, 0.15) is 11.4 Å². The number of aromatic nitrogens is 4. The maximum absolute atomic E-state index is 13.0. The lowest BCUT2D eigenvalue weighted by Crippen LogP contribution is -2.14. The molecule has 2 N–H and O–H groups in total. The number of nitriles is 1. The molecule has 0 aliphatic heterocycles. The van der Waals surface area contributed by atoms with Crippen molar-refractivity contribution in [3.8, 4) is 6.07 Å². The molecular weight excluding hydrogens is 347 g/mol. The summed E-state index contributed by atoms with van der Waals surface area (Å²) in [7, 11) is 0. The molecule has 1 aliphatic carbocycles. The number of rotatable bonds is 5. The van der Waals surface area contributed by atoms with Gasteiger partial charge in [0.15, 0.2) is 0 Å². The van der Waals surface area contributed by atoms with E-state index in [4.69, 9.17) is 5.26 Å². The van der Waals surface area contributed by atoms with Gasteiger partial charge in [-0.15, -0.1) is 0 Å². The first-order valence-corrected chi connectivity index (χ1v) is 8.10. The van der Waals surface area contributed by atoms with E-state index < -0.39 is 17.2 Å². The van der Waals surface area contributed by atoms with E-state index in [-0.39, 0.29) is 17.8 Å². The highest BCUT2D eigenvalue weighted by molar-refractivity contribution is 5.58. The van der Waals surface area contributed by atoms with Crippen LogP contribution in [0.25, 0.3) is 0 Å². The van der Waals surface area contributed by atoms with Crippen molar-refractivity contribution < 1.29 is 13.2 Å². The molecule has 0 saturated heterocycles. The Morgan fingerprint density at radius 1 is 1.46 bits per heavy atom. The third kappa shape index (κ3) is 3.29. The topological polar surface area (TPSA) is 91.5 Å². The molecule has 0 amide bonds. The van der Waals surface area contributed by atoms with Crippen molar-refractivity contribution >= 4 is 17.5 Å². The van der Waals surface area contributed by atoms with Crippen molar-refractivity contribution in [2.24, 2.45) is 5.41 Å². The Morgan fingerprint density at radius 3 is 2.77 bits per heavy atom. The molecule has 2 aromatic rings.